The third kappa shape index (κ3) is 4.47. The van der Waals surface area contributed by atoms with Crippen molar-refractivity contribution in [3.63, 3.8) is 0 Å². The second kappa shape index (κ2) is 4.58. The van der Waals surface area contributed by atoms with E-state index in [0.29, 0.717) is 6.42 Å². The summed E-state index contributed by atoms with van der Waals surface area (Å²) < 4.78 is 25.3. The molecular formula is C10H18F2. The van der Waals surface area contributed by atoms with Crippen molar-refractivity contribution in [3.8, 4) is 0 Å². The van der Waals surface area contributed by atoms with Crippen LogP contribution in [0.15, 0.2) is 11.6 Å². The van der Waals surface area contributed by atoms with Gasteiger partial charge >= 0.3 is 0 Å². The van der Waals surface area contributed by atoms with E-state index in [-0.39, 0.29) is 0 Å². The molecule has 0 aromatic rings. The van der Waals surface area contributed by atoms with E-state index < -0.39 is 11.8 Å². The molecule has 0 bridgehead atoms. The molecule has 1 unspecified atom stereocenters. The van der Waals surface area contributed by atoms with Gasteiger partial charge in [0.1, 0.15) is 0 Å². The molecule has 0 amide bonds. The van der Waals surface area contributed by atoms with Gasteiger partial charge in [0.25, 0.3) is 0 Å². The molecule has 0 aliphatic carbocycles. The molecular weight excluding hydrogens is 158 g/mol. The van der Waals surface area contributed by atoms with Gasteiger partial charge in [-0.25, -0.2) is 8.78 Å². The molecule has 12 heavy (non-hydrogen) atoms. The van der Waals surface area contributed by atoms with E-state index in [2.05, 4.69) is 0 Å². The Bertz CT molecular complexity index is 154. The van der Waals surface area contributed by atoms with Gasteiger partial charge in [-0.05, 0) is 26.7 Å². The summed E-state index contributed by atoms with van der Waals surface area (Å²) in [6, 6.07) is 0. The van der Waals surface area contributed by atoms with Crippen LogP contribution in [-0.2, 0) is 0 Å². The minimum Gasteiger partial charge on any atom is -0.207 e. The molecule has 2 heteroatoms. The van der Waals surface area contributed by atoms with E-state index >= 15 is 0 Å². The maximum absolute atomic E-state index is 12.6. The Morgan fingerprint density at radius 2 is 2.00 bits per heavy atom. The fourth-order valence-corrected chi connectivity index (χ4v) is 0.729. The Labute approximate surface area is 73.7 Å². The SMILES string of the molecule is CC/C(C)=C\CC(C)C(C)(F)F. The summed E-state index contributed by atoms with van der Waals surface area (Å²) in [7, 11) is 0. The normalized spacial score (nSPS) is 16.3. The van der Waals surface area contributed by atoms with E-state index in [1.165, 1.54) is 5.57 Å². The number of allylic oxidation sites excluding steroid dienone is 2. The van der Waals surface area contributed by atoms with Crippen LogP contribution >= 0.6 is 0 Å². The van der Waals surface area contributed by atoms with Gasteiger partial charge in [-0.15, -0.1) is 0 Å². The summed E-state index contributed by atoms with van der Waals surface area (Å²) in [5, 5.41) is 0. The second-order valence-electron chi connectivity index (χ2n) is 3.50. The van der Waals surface area contributed by atoms with E-state index in [1.54, 1.807) is 6.92 Å². The van der Waals surface area contributed by atoms with Crippen molar-refractivity contribution in [2.45, 2.75) is 46.5 Å². The van der Waals surface area contributed by atoms with Crippen LogP contribution in [-0.4, -0.2) is 5.92 Å². The van der Waals surface area contributed by atoms with Crippen LogP contribution in [0.2, 0.25) is 0 Å². The fourth-order valence-electron chi connectivity index (χ4n) is 0.729. The van der Waals surface area contributed by atoms with Gasteiger partial charge in [-0.1, -0.05) is 25.5 Å². The first-order valence-electron chi connectivity index (χ1n) is 4.41. The molecule has 0 nitrogen and oxygen atoms in total. The van der Waals surface area contributed by atoms with Crippen LogP contribution in [0.3, 0.4) is 0 Å². The summed E-state index contributed by atoms with van der Waals surface area (Å²) in [5.41, 5.74) is 1.19. The Kier molecular flexibility index (Phi) is 4.43. The zero-order valence-corrected chi connectivity index (χ0v) is 8.32. The van der Waals surface area contributed by atoms with Crippen LogP contribution in [0, 0.1) is 5.92 Å². The van der Waals surface area contributed by atoms with Gasteiger partial charge < -0.3 is 0 Å². The maximum Gasteiger partial charge on any atom is 0.248 e. The summed E-state index contributed by atoms with van der Waals surface area (Å²) in [4.78, 5) is 0. The van der Waals surface area contributed by atoms with Gasteiger partial charge in [-0.3, -0.25) is 0 Å². The molecule has 0 aliphatic heterocycles. The average molecular weight is 176 g/mol. The van der Waals surface area contributed by atoms with Crippen molar-refractivity contribution in [2.75, 3.05) is 0 Å². The third-order valence-corrected chi connectivity index (χ3v) is 2.24. The lowest BCUT2D eigenvalue weighted by Crippen LogP contribution is -2.20. The topological polar surface area (TPSA) is 0 Å². The molecule has 0 saturated carbocycles. The van der Waals surface area contributed by atoms with Crippen LogP contribution in [0.4, 0.5) is 8.78 Å². The highest BCUT2D eigenvalue weighted by Crippen LogP contribution is 2.26. The minimum atomic E-state index is -2.55. The molecule has 72 valence electrons. The molecule has 1 atom stereocenters. The van der Waals surface area contributed by atoms with Crippen molar-refractivity contribution in [1.29, 1.82) is 0 Å². The highest BCUT2D eigenvalue weighted by molar-refractivity contribution is 4.97. The van der Waals surface area contributed by atoms with Crippen molar-refractivity contribution in [3.05, 3.63) is 11.6 Å². The summed E-state index contributed by atoms with van der Waals surface area (Å²) in [6.07, 6.45) is 3.33. The predicted octanol–water partition coefficient (Wildman–Crippen LogP) is 4.02. The quantitative estimate of drug-likeness (QED) is 0.567. The zero-order chi connectivity index (χ0) is 9.78. The largest absolute Gasteiger partial charge is 0.248 e. The first-order chi connectivity index (χ1) is 5.38. The van der Waals surface area contributed by atoms with E-state index in [4.69, 9.17) is 0 Å². The van der Waals surface area contributed by atoms with E-state index in [9.17, 15) is 8.78 Å². The number of halogens is 2. The highest BCUT2D eigenvalue weighted by Gasteiger charge is 2.28. The van der Waals surface area contributed by atoms with E-state index in [1.807, 2.05) is 19.9 Å². The van der Waals surface area contributed by atoms with Crippen molar-refractivity contribution < 1.29 is 8.78 Å². The number of rotatable bonds is 4. The van der Waals surface area contributed by atoms with Gasteiger partial charge in [0.15, 0.2) is 0 Å². The fraction of sp³-hybridized carbons (Fsp3) is 0.800. The summed E-state index contributed by atoms with van der Waals surface area (Å²) in [5.74, 6) is -3.11. The zero-order valence-electron chi connectivity index (χ0n) is 8.32. The second-order valence-corrected chi connectivity index (χ2v) is 3.50. The molecule has 0 N–H and O–H groups in total. The van der Waals surface area contributed by atoms with Crippen molar-refractivity contribution in [2.24, 2.45) is 5.92 Å². The van der Waals surface area contributed by atoms with E-state index in [0.717, 1.165) is 13.3 Å². The lowest BCUT2D eigenvalue weighted by molar-refractivity contribution is -0.0311. The predicted molar refractivity (Wildman–Crippen MR) is 48.5 cm³/mol. The molecule has 0 rings (SSSR count). The monoisotopic (exact) mass is 176 g/mol. The number of alkyl halides is 2. The van der Waals surface area contributed by atoms with Crippen molar-refractivity contribution in [1.82, 2.24) is 0 Å². The van der Waals surface area contributed by atoms with Gasteiger partial charge in [-0.2, -0.15) is 0 Å². The molecule has 0 aromatic heterocycles. The molecule has 0 fully saturated rings. The van der Waals surface area contributed by atoms with Gasteiger partial charge in [0.05, 0.1) is 0 Å². The maximum atomic E-state index is 12.6. The summed E-state index contributed by atoms with van der Waals surface area (Å²) >= 11 is 0. The third-order valence-electron chi connectivity index (χ3n) is 2.24. The molecule has 0 aromatic carbocycles. The molecule has 0 saturated heterocycles. The van der Waals surface area contributed by atoms with Crippen LogP contribution in [0.1, 0.15) is 40.5 Å². The lowest BCUT2D eigenvalue weighted by atomic mass is 9.99. The van der Waals surface area contributed by atoms with Gasteiger partial charge in [0.2, 0.25) is 5.92 Å². The lowest BCUT2D eigenvalue weighted by Gasteiger charge is -2.17. The Morgan fingerprint density at radius 1 is 1.50 bits per heavy atom. The smallest absolute Gasteiger partial charge is 0.207 e. The Hall–Kier alpha value is -0.400. The summed E-state index contributed by atoms with van der Waals surface area (Å²) in [6.45, 7) is 6.56. The molecule has 0 aliphatic rings. The van der Waals surface area contributed by atoms with Crippen LogP contribution in [0.25, 0.3) is 0 Å². The molecule has 0 spiro atoms. The van der Waals surface area contributed by atoms with Crippen molar-refractivity contribution >= 4 is 0 Å². The number of hydrogen-bond acceptors (Lipinski definition) is 0. The molecule has 0 heterocycles. The minimum absolute atomic E-state index is 0.475. The van der Waals surface area contributed by atoms with Crippen LogP contribution < -0.4 is 0 Å². The Morgan fingerprint density at radius 3 is 2.33 bits per heavy atom. The van der Waals surface area contributed by atoms with Gasteiger partial charge in [0, 0.05) is 5.92 Å². The van der Waals surface area contributed by atoms with Crippen LogP contribution in [0.5, 0.6) is 0 Å². The first kappa shape index (κ1) is 11.6. The Balaban J connectivity index is 3.94. The average Bonchev–Trinajstić information content (AvgIpc) is 1.97. The highest BCUT2D eigenvalue weighted by atomic mass is 19.3. The number of hydrogen-bond donors (Lipinski definition) is 0. The molecule has 0 radical (unpaired) electrons. The first-order valence-corrected chi connectivity index (χ1v) is 4.41. The standard InChI is InChI=1S/C10H18F2/c1-5-8(2)6-7-9(3)10(4,11)12/h6,9H,5,7H2,1-4H3/b8-6-.